The van der Waals surface area contributed by atoms with Crippen LogP contribution >= 0.6 is 0 Å². The highest BCUT2D eigenvalue weighted by molar-refractivity contribution is 5.78. The van der Waals surface area contributed by atoms with Crippen molar-refractivity contribution in [1.82, 2.24) is 4.90 Å². The Morgan fingerprint density at radius 3 is 2.57 bits per heavy atom. The molecule has 122 valence electrons. The van der Waals surface area contributed by atoms with Gasteiger partial charge in [-0.3, -0.25) is 9.69 Å². The summed E-state index contributed by atoms with van der Waals surface area (Å²) in [5.41, 5.74) is 0.404. The molecule has 1 aromatic rings. The van der Waals surface area contributed by atoms with Crippen molar-refractivity contribution in [3.05, 3.63) is 47.3 Å². The fourth-order valence-electron chi connectivity index (χ4n) is 2.84. The molecular formula is C18H22N2O3. The Bertz CT molecular complexity index is 601. The lowest BCUT2D eigenvalue weighted by molar-refractivity contribution is -0.161. The zero-order valence-electron chi connectivity index (χ0n) is 13.7. The standard InChI is InChI=1S/C18H22N2O3/c1-18(2,3)23-17(22)15-10-14(19-4)16(12-21)20(15)11-13-8-6-5-7-9-13/h5-9,12,14-16H,10-11H2,1-3H3/t14?,15-,16+/m1/s1. The smallest absolute Gasteiger partial charge is 0.324 e. The van der Waals surface area contributed by atoms with Crippen LogP contribution in [0.4, 0.5) is 0 Å². The second-order valence-electron chi connectivity index (χ2n) is 6.77. The van der Waals surface area contributed by atoms with Crippen molar-refractivity contribution in [1.29, 1.82) is 0 Å². The first-order chi connectivity index (χ1) is 10.9. The first-order valence-corrected chi connectivity index (χ1v) is 7.70. The fraction of sp³-hybridized carbons (Fsp3) is 0.500. The second kappa shape index (κ2) is 6.93. The Morgan fingerprint density at radius 2 is 2.04 bits per heavy atom. The summed E-state index contributed by atoms with van der Waals surface area (Å²) in [5.74, 6) is -0.369. The van der Waals surface area contributed by atoms with Crippen molar-refractivity contribution in [2.24, 2.45) is 0 Å². The van der Waals surface area contributed by atoms with E-state index in [9.17, 15) is 9.59 Å². The maximum absolute atomic E-state index is 12.5. The van der Waals surface area contributed by atoms with Crippen molar-refractivity contribution in [3.63, 3.8) is 0 Å². The van der Waals surface area contributed by atoms with Crippen LogP contribution in [-0.2, 0) is 20.9 Å². The maximum Gasteiger partial charge on any atom is 0.324 e. The van der Waals surface area contributed by atoms with Crippen molar-refractivity contribution in [3.8, 4) is 0 Å². The summed E-state index contributed by atoms with van der Waals surface area (Å²) in [6, 6.07) is 7.98. The first-order valence-electron chi connectivity index (χ1n) is 7.70. The van der Waals surface area contributed by atoms with Gasteiger partial charge in [0.15, 0.2) is 0 Å². The number of carbonyl (C=O) groups excluding carboxylic acids is 2. The monoisotopic (exact) mass is 314 g/mol. The summed E-state index contributed by atoms with van der Waals surface area (Å²) in [6.45, 7) is 13.2. The number of aldehydes is 1. The van der Waals surface area contributed by atoms with Crippen molar-refractivity contribution in [2.75, 3.05) is 0 Å². The van der Waals surface area contributed by atoms with E-state index in [1.54, 1.807) is 4.90 Å². The number of hydrogen-bond donors (Lipinski definition) is 0. The third-order valence-electron chi connectivity index (χ3n) is 3.83. The second-order valence-corrected chi connectivity index (χ2v) is 6.77. The van der Waals surface area contributed by atoms with Crippen molar-refractivity contribution in [2.45, 2.75) is 57.5 Å². The maximum atomic E-state index is 12.5. The lowest BCUT2D eigenvalue weighted by atomic mass is 10.1. The molecule has 1 aliphatic rings. The van der Waals surface area contributed by atoms with Crippen LogP contribution < -0.4 is 0 Å². The number of benzene rings is 1. The topological polar surface area (TPSA) is 51.0 Å². The Hall–Kier alpha value is -2.19. The van der Waals surface area contributed by atoms with Crippen molar-refractivity contribution < 1.29 is 14.3 Å². The molecule has 0 N–H and O–H groups in total. The van der Waals surface area contributed by atoms with Crippen LogP contribution in [0.2, 0.25) is 0 Å². The third kappa shape index (κ3) is 4.17. The molecule has 5 heteroatoms. The fourth-order valence-corrected chi connectivity index (χ4v) is 2.84. The Balaban J connectivity index is 2.25. The minimum absolute atomic E-state index is 0.328. The molecule has 5 nitrogen and oxygen atoms in total. The molecule has 0 saturated carbocycles. The molecule has 0 amide bonds. The zero-order chi connectivity index (χ0) is 17.0. The first kappa shape index (κ1) is 17.2. The minimum Gasteiger partial charge on any atom is -0.459 e. The zero-order valence-corrected chi connectivity index (χ0v) is 13.7. The van der Waals surface area contributed by atoms with Crippen LogP contribution in [0.5, 0.6) is 0 Å². The van der Waals surface area contributed by atoms with Gasteiger partial charge in [0.1, 0.15) is 24.0 Å². The van der Waals surface area contributed by atoms with Crippen LogP contribution in [0.25, 0.3) is 4.85 Å². The van der Waals surface area contributed by atoms with E-state index in [0.29, 0.717) is 13.0 Å². The summed E-state index contributed by atoms with van der Waals surface area (Å²) in [4.78, 5) is 29.3. The van der Waals surface area contributed by atoms with E-state index in [1.165, 1.54) is 0 Å². The van der Waals surface area contributed by atoms with Crippen LogP contribution in [0.1, 0.15) is 32.8 Å². The van der Waals surface area contributed by atoms with Crippen molar-refractivity contribution >= 4 is 12.3 Å². The molecule has 0 bridgehead atoms. The number of likely N-dealkylation sites (tertiary alicyclic amines) is 1. The molecule has 1 unspecified atom stereocenters. The largest absolute Gasteiger partial charge is 0.459 e. The van der Waals surface area contributed by atoms with Gasteiger partial charge in [-0.25, -0.2) is 6.57 Å². The van der Waals surface area contributed by atoms with E-state index in [2.05, 4.69) is 4.85 Å². The predicted octanol–water partition coefficient (Wildman–Crippen LogP) is 2.46. The van der Waals surface area contributed by atoms with Gasteiger partial charge in [-0.1, -0.05) is 30.3 Å². The highest BCUT2D eigenvalue weighted by Crippen LogP contribution is 2.30. The van der Waals surface area contributed by atoms with E-state index in [0.717, 1.165) is 11.8 Å². The van der Waals surface area contributed by atoms with Gasteiger partial charge < -0.3 is 14.4 Å². The van der Waals surface area contributed by atoms with E-state index in [-0.39, 0.29) is 5.97 Å². The van der Waals surface area contributed by atoms with E-state index in [1.807, 2.05) is 51.1 Å². The molecule has 1 fully saturated rings. The van der Waals surface area contributed by atoms with E-state index >= 15 is 0 Å². The van der Waals surface area contributed by atoms with E-state index in [4.69, 9.17) is 11.3 Å². The molecule has 1 saturated heterocycles. The van der Waals surface area contributed by atoms with Crippen LogP contribution in [0.3, 0.4) is 0 Å². The molecule has 0 aromatic heterocycles. The van der Waals surface area contributed by atoms with Gasteiger partial charge in [0.25, 0.3) is 0 Å². The number of esters is 1. The van der Waals surface area contributed by atoms with Gasteiger partial charge in [-0.2, -0.15) is 0 Å². The highest BCUT2D eigenvalue weighted by atomic mass is 16.6. The normalized spacial score (nSPS) is 24.9. The Morgan fingerprint density at radius 1 is 1.39 bits per heavy atom. The van der Waals surface area contributed by atoms with Gasteiger partial charge in [-0.05, 0) is 26.3 Å². The Kier molecular flexibility index (Phi) is 5.17. The number of carbonyl (C=O) groups is 2. The number of hydrogen-bond acceptors (Lipinski definition) is 4. The number of rotatable bonds is 4. The van der Waals surface area contributed by atoms with Crippen LogP contribution in [-0.4, -0.2) is 40.9 Å². The molecule has 0 aliphatic carbocycles. The van der Waals surface area contributed by atoms with Gasteiger partial charge in [-0.15, -0.1) is 0 Å². The summed E-state index contributed by atoms with van der Waals surface area (Å²) in [5, 5.41) is 0. The highest BCUT2D eigenvalue weighted by Gasteiger charge is 2.49. The average molecular weight is 314 g/mol. The average Bonchev–Trinajstić information content (AvgIpc) is 2.84. The quantitative estimate of drug-likeness (QED) is 0.487. The van der Waals surface area contributed by atoms with E-state index < -0.39 is 23.7 Å². The van der Waals surface area contributed by atoms with Gasteiger partial charge in [0.2, 0.25) is 6.04 Å². The summed E-state index contributed by atoms with van der Waals surface area (Å²) < 4.78 is 5.48. The molecule has 23 heavy (non-hydrogen) atoms. The molecule has 2 rings (SSSR count). The minimum atomic E-state index is -0.595. The summed E-state index contributed by atoms with van der Waals surface area (Å²) in [7, 11) is 0. The molecule has 0 spiro atoms. The summed E-state index contributed by atoms with van der Waals surface area (Å²) >= 11 is 0. The summed E-state index contributed by atoms with van der Waals surface area (Å²) in [6.07, 6.45) is 1.10. The van der Waals surface area contributed by atoms with Gasteiger partial charge >= 0.3 is 5.97 Å². The van der Waals surface area contributed by atoms with Gasteiger partial charge in [0.05, 0.1) is 6.42 Å². The third-order valence-corrected chi connectivity index (χ3v) is 3.83. The predicted molar refractivity (Wildman–Crippen MR) is 86.5 cm³/mol. The Labute approximate surface area is 137 Å². The van der Waals surface area contributed by atoms with Gasteiger partial charge in [0, 0.05) is 6.54 Å². The molecule has 0 radical (unpaired) electrons. The molecule has 3 atom stereocenters. The molecule has 1 heterocycles. The lowest BCUT2D eigenvalue weighted by Gasteiger charge is -2.28. The number of nitrogens with zero attached hydrogens (tertiary/aromatic N) is 2. The van der Waals surface area contributed by atoms with Crippen LogP contribution in [0.15, 0.2) is 30.3 Å². The SMILES string of the molecule is [C-]#[N+]C1C[C@H](C(=O)OC(C)(C)C)N(Cc2ccccc2)[C@H]1C=O. The number of ether oxygens (including phenoxy) is 1. The molecular weight excluding hydrogens is 292 g/mol. The lowest BCUT2D eigenvalue weighted by Crippen LogP contribution is -2.44. The molecule has 1 aromatic carbocycles. The molecule has 1 aliphatic heterocycles. The van der Waals surface area contributed by atoms with Crippen LogP contribution in [0, 0.1) is 6.57 Å².